The van der Waals surface area contributed by atoms with Crippen molar-refractivity contribution in [2.75, 3.05) is 12.3 Å². The van der Waals surface area contributed by atoms with Gasteiger partial charge in [-0.2, -0.15) is 0 Å². The van der Waals surface area contributed by atoms with Crippen molar-refractivity contribution in [1.29, 1.82) is 0 Å². The largest absolute Gasteiger partial charge is 0.313 e. The summed E-state index contributed by atoms with van der Waals surface area (Å²) in [6, 6.07) is 3.86. The average molecular weight is 274 g/mol. The Morgan fingerprint density at radius 1 is 1.65 bits per heavy atom. The standard InChI is InChI=1S/C11H18N2O2S2/c1-9(11-5-3-7-16-11)13-17(14,15)8-10-4-2-6-12-10/h3,5,7,9-10,12-13H,2,4,6,8H2,1H3. The molecule has 2 N–H and O–H groups in total. The minimum atomic E-state index is -3.20. The van der Waals surface area contributed by atoms with Crippen LogP contribution in [0.15, 0.2) is 17.5 Å². The van der Waals surface area contributed by atoms with Crippen LogP contribution in [0.5, 0.6) is 0 Å². The van der Waals surface area contributed by atoms with E-state index in [0.29, 0.717) is 0 Å². The summed E-state index contributed by atoms with van der Waals surface area (Å²) in [7, 11) is -3.20. The van der Waals surface area contributed by atoms with Crippen molar-refractivity contribution >= 4 is 21.4 Å². The first-order chi connectivity index (χ1) is 8.07. The maximum Gasteiger partial charge on any atom is 0.213 e. The van der Waals surface area contributed by atoms with Crippen LogP contribution in [0, 0.1) is 0 Å². The summed E-state index contributed by atoms with van der Waals surface area (Å²) in [5, 5.41) is 5.16. The van der Waals surface area contributed by atoms with Gasteiger partial charge in [-0.25, -0.2) is 13.1 Å². The van der Waals surface area contributed by atoms with E-state index in [1.54, 1.807) is 11.3 Å². The molecule has 1 aliphatic rings. The molecule has 0 saturated carbocycles. The molecule has 2 atom stereocenters. The highest BCUT2D eigenvalue weighted by Gasteiger charge is 2.23. The molecule has 0 amide bonds. The third kappa shape index (κ3) is 3.77. The molecular formula is C11H18N2O2S2. The van der Waals surface area contributed by atoms with E-state index in [4.69, 9.17) is 0 Å². The molecule has 1 aliphatic heterocycles. The van der Waals surface area contributed by atoms with Crippen molar-refractivity contribution in [3.8, 4) is 0 Å². The molecule has 0 spiro atoms. The van der Waals surface area contributed by atoms with Crippen LogP contribution in [0.1, 0.15) is 30.7 Å². The Labute approximate surface area is 106 Å². The van der Waals surface area contributed by atoms with Gasteiger partial charge in [0, 0.05) is 10.9 Å². The zero-order chi connectivity index (χ0) is 12.3. The summed E-state index contributed by atoms with van der Waals surface area (Å²) in [6.07, 6.45) is 2.02. The maximum absolute atomic E-state index is 11.9. The number of nitrogens with one attached hydrogen (secondary N) is 2. The topological polar surface area (TPSA) is 58.2 Å². The minimum Gasteiger partial charge on any atom is -0.313 e. The normalized spacial score (nSPS) is 22.8. The van der Waals surface area contributed by atoms with E-state index in [1.165, 1.54) is 0 Å². The Bertz CT molecular complexity index is 436. The zero-order valence-electron chi connectivity index (χ0n) is 9.85. The first kappa shape index (κ1) is 13.0. The lowest BCUT2D eigenvalue weighted by molar-refractivity contribution is 0.552. The Kier molecular flexibility index (Phi) is 4.19. The fourth-order valence-electron chi connectivity index (χ4n) is 2.08. The van der Waals surface area contributed by atoms with E-state index in [9.17, 15) is 8.42 Å². The SMILES string of the molecule is CC(NS(=O)(=O)CC1CCCN1)c1cccs1. The van der Waals surface area contributed by atoms with Gasteiger partial charge in [0.25, 0.3) is 0 Å². The third-order valence-electron chi connectivity index (χ3n) is 2.91. The Hall–Kier alpha value is -0.430. The molecule has 96 valence electrons. The molecule has 0 radical (unpaired) electrons. The molecule has 2 unspecified atom stereocenters. The predicted octanol–water partition coefficient (Wildman–Crippen LogP) is 1.48. The maximum atomic E-state index is 11.9. The van der Waals surface area contributed by atoms with Crippen molar-refractivity contribution in [3.05, 3.63) is 22.4 Å². The van der Waals surface area contributed by atoms with Gasteiger partial charge >= 0.3 is 0 Å². The van der Waals surface area contributed by atoms with Crippen LogP contribution in [-0.2, 0) is 10.0 Å². The molecule has 0 aromatic carbocycles. The van der Waals surface area contributed by atoms with Gasteiger partial charge in [0.2, 0.25) is 10.0 Å². The summed E-state index contributed by atoms with van der Waals surface area (Å²) in [6.45, 7) is 2.81. The van der Waals surface area contributed by atoms with Crippen LogP contribution in [0.3, 0.4) is 0 Å². The molecule has 4 nitrogen and oxygen atoms in total. The van der Waals surface area contributed by atoms with Crippen LogP contribution in [0.25, 0.3) is 0 Å². The summed E-state index contributed by atoms with van der Waals surface area (Å²) >= 11 is 1.57. The number of thiophene rings is 1. The van der Waals surface area contributed by atoms with Gasteiger partial charge in [0.15, 0.2) is 0 Å². The van der Waals surface area contributed by atoms with Crippen molar-refractivity contribution in [3.63, 3.8) is 0 Å². The fourth-order valence-corrected chi connectivity index (χ4v) is 4.46. The van der Waals surface area contributed by atoms with E-state index in [0.717, 1.165) is 24.3 Å². The van der Waals surface area contributed by atoms with Crippen molar-refractivity contribution in [2.24, 2.45) is 0 Å². The van der Waals surface area contributed by atoms with E-state index in [-0.39, 0.29) is 17.8 Å². The lowest BCUT2D eigenvalue weighted by Crippen LogP contribution is -2.37. The highest BCUT2D eigenvalue weighted by molar-refractivity contribution is 7.89. The van der Waals surface area contributed by atoms with E-state index >= 15 is 0 Å². The van der Waals surface area contributed by atoms with Gasteiger partial charge in [-0.05, 0) is 37.8 Å². The Morgan fingerprint density at radius 3 is 3.06 bits per heavy atom. The van der Waals surface area contributed by atoms with Gasteiger partial charge < -0.3 is 5.32 Å². The van der Waals surface area contributed by atoms with Crippen molar-refractivity contribution < 1.29 is 8.42 Å². The predicted molar refractivity (Wildman–Crippen MR) is 70.7 cm³/mol. The van der Waals surface area contributed by atoms with Crippen LogP contribution in [0.4, 0.5) is 0 Å². The van der Waals surface area contributed by atoms with Crippen molar-refractivity contribution in [2.45, 2.75) is 31.8 Å². The third-order valence-corrected chi connectivity index (χ3v) is 5.52. The molecule has 2 heterocycles. The van der Waals surface area contributed by atoms with Crippen LogP contribution in [0.2, 0.25) is 0 Å². The molecule has 0 aliphatic carbocycles. The fraction of sp³-hybridized carbons (Fsp3) is 0.636. The lowest BCUT2D eigenvalue weighted by atomic mass is 10.3. The zero-order valence-corrected chi connectivity index (χ0v) is 11.5. The number of rotatable bonds is 5. The second-order valence-corrected chi connectivity index (χ2v) is 7.21. The first-order valence-electron chi connectivity index (χ1n) is 5.83. The summed E-state index contributed by atoms with van der Waals surface area (Å²) in [4.78, 5) is 1.05. The molecule has 1 aromatic rings. The smallest absolute Gasteiger partial charge is 0.213 e. The first-order valence-corrected chi connectivity index (χ1v) is 8.37. The van der Waals surface area contributed by atoms with Gasteiger partial charge in [0.1, 0.15) is 0 Å². The van der Waals surface area contributed by atoms with E-state index in [2.05, 4.69) is 10.0 Å². The molecule has 1 fully saturated rings. The monoisotopic (exact) mass is 274 g/mol. The van der Waals surface area contributed by atoms with Gasteiger partial charge in [-0.1, -0.05) is 6.07 Å². The van der Waals surface area contributed by atoms with E-state index in [1.807, 2.05) is 24.4 Å². The average Bonchev–Trinajstić information content (AvgIpc) is 2.85. The van der Waals surface area contributed by atoms with Gasteiger partial charge in [0.05, 0.1) is 11.8 Å². The lowest BCUT2D eigenvalue weighted by Gasteiger charge is -2.15. The summed E-state index contributed by atoms with van der Waals surface area (Å²) in [5.41, 5.74) is 0. The number of sulfonamides is 1. The second kappa shape index (κ2) is 5.48. The van der Waals surface area contributed by atoms with Gasteiger partial charge in [-0.3, -0.25) is 0 Å². The van der Waals surface area contributed by atoms with Crippen LogP contribution >= 0.6 is 11.3 Å². The molecule has 6 heteroatoms. The quantitative estimate of drug-likeness (QED) is 0.855. The number of hydrogen-bond acceptors (Lipinski definition) is 4. The molecule has 2 rings (SSSR count). The van der Waals surface area contributed by atoms with Gasteiger partial charge in [-0.15, -0.1) is 11.3 Å². The molecular weight excluding hydrogens is 256 g/mol. The van der Waals surface area contributed by atoms with E-state index < -0.39 is 10.0 Å². The second-order valence-electron chi connectivity index (χ2n) is 4.43. The highest BCUT2D eigenvalue weighted by atomic mass is 32.2. The molecule has 0 bridgehead atoms. The molecule has 1 aromatic heterocycles. The summed E-state index contributed by atoms with van der Waals surface area (Å²) < 4.78 is 26.6. The number of hydrogen-bond donors (Lipinski definition) is 2. The Balaban J connectivity index is 1.92. The molecule has 17 heavy (non-hydrogen) atoms. The Morgan fingerprint density at radius 2 is 2.47 bits per heavy atom. The minimum absolute atomic E-state index is 0.114. The van der Waals surface area contributed by atoms with Crippen molar-refractivity contribution in [1.82, 2.24) is 10.0 Å². The van der Waals surface area contributed by atoms with Crippen LogP contribution < -0.4 is 10.0 Å². The highest BCUT2D eigenvalue weighted by Crippen LogP contribution is 2.19. The summed E-state index contributed by atoms with van der Waals surface area (Å²) in [5.74, 6) is 0.183. The molecule has 1 saturated heterocycles. The van der Waals surface area contributed by atoms with Crippen LogP contribution in [-0.4, -0.2) is 26.8 Å².